The minimum absolute atomic E-state index is 0.162. The summed E-state index contributed by atoms with van der Waals surface area (Å²) >= 11 is 0. The molecule has 34 heavy (non-hydrogen) atoms. The first-order valence-electron chi connectivity index (χ1n) is 12.3. The zero-order valence-corrected chi connectivity index (χ0v) is 19.3. The molecule has 1 unspecified atom stereocenters. The van der Waals surface area contributed by atoms with E-state index < -0.39 is 18.4 Å². The van der Waals surface area contributed by atoms with Crippen molar-refractivity contribution in [3.8, 4) is 17.1 Å². The van der Waals surface area contributed by atoms with Crippen molar-refractivity contribution in [2.45, 2.75) is 32.8 Å². The Kier molecular flexibility index (Phi) is 6.41. The largest absolute Gasteiger partial charge is 0.483 e. The number of rotatable bonds is 9. The lowest BCUT2D eigenvalue weighted by molar-refractivity contribution is -0.141. The second-order valence-electron chi connectivity index (χ2n) is 8.55. The third kappa shape index (κ3) is 5.42. The van der Waals surface area contributed by atoms with Gasteiger partial charge < -0.3 is 24.1 Å². The van der Waals surface area contributed by atoms with Crippen LogP contribution < -0.4 is 9.64 Å². The molecular formula is C27H30N2O5. The summed E-state index contributed by atoms with van der Waals surface area (Å²) in [4.78, 5) is 27.0. The van der Waals surface area contributed by atoms with Gasteiger partial charge in [-0.2, -0.15) is 0 Å². The van der Waals surface area contributed by atoms with Gasteiger partial charge >= 0.3 is 5.97 Å². The SMILES string of the molecule is [2H]C([2H])(c1ccccc1OCC(=O)N1CCC(C(=O)O)C1)N(c1ccc(-c2ccco2)cc1)C(C)C. The van der Waals surface area contributed by atoms with Crippen molar-refractivity contribution in [2.75, 3.05) is 24.6 Å². The van der Waals surface area contributed by atoms with Crippen LogP contribution in [0.2, 0.25) is 0 Å². The van der Waals surface area contributed by atoms with Gasteiger partial charge in [0.2, 0.25) is 0 Å². The van der Waals surface area contributed by atoms with Crippen LogP contribution in [0.1, 0.15) is 28.6 Å². The van der Waals surface area contributed by atoms with E-state index in [0.717, 1.165) is 11.3 Å². The topological polar surface area (TPSA) is 83.2 Å². The molecule has 0 aliphatic carbocycles. The van der Waals surface area contributed by atoms with E-state index in [2.05, 4.69) is 0 Å². The van der Waals surface area contributed by atoms with E-state index in [1.54, 1.807) is 35.4 Å². The number of furan rings is 1. The Labute approximate surface area is 202 Å². The Hall–Kier alpha value is -3.74. The Morgan fingerprint density at radius 2 is 1.94 bits per heavy atom. The van der Waals surface area contributed by atoms with Gasteiger partial charge in [-0.25, -0.2) is 0 Å². The highest BCUT2D eigenvalue weighted by Gasteiger charge is 2.31. The molecule has 1 aromatic heterocycles. The van der Waals surface area contributed by atoms with Crippen LogP contribution >= 0.6 is 0 Å². The number of hydrogen-bond donors (Lipinski definition) is 1. The van der Waals surface area contributed by atoms with E-state index in [9.17, 15) is 14.7 Å². The summed E-state index contributed by atoms with van der Waals surface area (Å²) in [6.45, 7) is 2.11. The number of hydrogen-bond acceptors (Lipinski definition) is 5. The number of para-hydroxylation sites is 1. The quantitative estimate of drug-likeness (QED) is 0.495. The number of ether oxygens (including phenoxy) is 1. The van der Waals surface area contributed by atoms with E-state index in [1.165, 1.54) is 4.90 Å². The molecule has 1 aliphatic heterocycles. The molecule has 0 radical (unpaired) electrons. The first-order chi connectivity index (χ1) is 17.2. The fourth-order valence-corrected chi connectivity index (χ4v) is 3.95. The standard InChI is InChI=1S/C27H30N2O5/c1-19(2)29(23-11-9-20(10-12-23)24-8-5-15-33-24)17-21-6-3-4-7-25(21)34-18-26(30)28-14-13-22(16-28)27(31)32/h3-12,15,19,22H,13-14,16-18H2,1-2H3,(H,31,32)/i17D2. The van der Waals surface area contributed by atoms with Gasteiger partial charge in [0.25, 0.3) is 5.91 Å². The van der Waals surface area contributed by atoms with Crippen molar-refractivity contribution in [3.05, 3.63) is 72.5 Å². The Balaban J connectivity index is 1.54. The van der Waals surface area contributed by atoms with Crippen molar-refractivity contribution in [1.82, 2.24) is 4.90 Å². The molecule has 2 heterocycles. The number of anilines is 1. The Morgan fingerprint density at radius 1 is 1.18 bits per heavy atom. The van der Waals surface area contributed by atoms with Crippen LogP contribution in [0.15, 0.2) is 71.3 Å². The normalized spacial score (nSPS) is 16.8. The van der Waals surface area contributed by atoms with Gasteiger partial charge in [-0.3, -0.25) is 9.59 Å². The molecule has 3 aromatic rings. The highest BCUT2D eigenvalue weighted by atomic mass is 16.5. The number of carboxylic acid groups (broad SMARTS) is 1. The van der Waals surface area contributed by atoms with E-state index in [4.69, 9.17) is 11.9 Å². The van der Waals surface area contributed by atoms with Crippen LogP contribution in [-0.4, -0.2) is 47.6 Å². The fourth-order valence-electron chi connectivity index (χ4n) is 3.95. The fraction of sp³-hybridized carbons (Fsp3) is 0.333. The number of carbonyl (C=O) groups excluding carboxylic acids is 1. The van der Waals surface area contributed by atoms with Crippen LogP contribution in [0, 0.1) is 5.92 Å². The monoisotopic (exact) mass is 464 g/mol. The van der Waals surface area contributed by atoms with Crippen LogP contribution in [0.25, 0.3) is 11.3 Å². The summed E-state index contributed by atoms with van der Waals surface area (Å²) in [6.07, 6.45) is 2.03. The second kappa shape index (κ2) is 10.5. The number of carboxylic acids is 1. The van der Waals surface area contributed by atoms with Crippen molar-refractivity contribution in [3.63, 3.8) is 0 Å². The molecule has 1 amide bonds. The van der Waals surface area contributed by atoms with Gasteiger partial charge in [0.15, 0.2) is 6.61 Å². The van der Waals surface area contributed by atoms with Crippen molar-refractivity contribution >= 4 is 17.6 Å². The maximum absolute atomic E-state index is 12.6. The van der Waals surface area contributed by atoms with E-state index >= 15 is 0 Å². The van der Waals surface area contributed by atoms with Gasteiger partial charge in [0.05, 0.1) is 14.9 Å². The molecular weight excluding hydrogens is 432 g/mol. The molecule has 1 saturated heterocycles. The number of benzene rings is 2. The first kappa shape index (κ1) is 20.8. The summed E-state index contributed by atoms with van der Waals surface area (Å²) in [5.74, 6) is -0.785. The lowest BCUT2D eigenvalue weighted by Gasteiger charge is -2.30. The number of nitrogens with zero attached hydrogens (tertiary/aromatic N) is 2. The lowest BCUT2D eigenvalue weighted by Crippen LogP contribution is -2.34. The zero-order chi connectivity index (χ0) is 25.9. The maximum Gasteiger partial charge on any atom is 0.308 e. The van der Waals surface area contributed by atoms with Gasteiger partial charge in [0, 0.05) is 42.4 Å². The molecule has 1 N–H and O–H groups in total. The summed E-state index contributed by atoms with van der Waals surface area (Å²) in [6, 6.07) is 17.7. The lowest BCUT2D eigenvalue weighted by atomic mass is 10.1. The summed E-state index contributed by atoms with van der Waals surface area (Å²) in [7, 11) is 0. The third-order valence-electron chi connectivity index (χ3n) is 5.84. The first-order valence-corrected chi connectivity index (χ1v) is 11.3. The third-order valence-corrected chi connectivity index (χ3v) is 5.84. The zero-order valence-electron chi connectivity index (χ0n) is 21.3. The molecule has 2 aromatic carbocycles. The van der Waals surface area contributed by atoms with Crippen LogP contribution in [0.3, 0.4) is 0 Å². The summed E-state index contributed by atoms with van der Waals surface area (Å²) in [5.41, 5.74) is 1.88. The molecule has 0 bridgehead atoms. The predicted molar refractivity (Wildman–Crippen MR) is 130 cm³/mol. The average molecular weight is 465 g/mol. The van der Waals surface area contributed by atoms with E-state index in [1.807, 2.05) is 50.2 Å². The molecule has 7 nitrogen and oxygen atoms in total. The molecule has 1 fully saturated rings. The minimum atomic E-state index is -1.96. The molecule has 0 saturated carbocycles. The average Bonchev–Trinajstić information content (AvgIpc) is 3.56. The number of aliphatic carboxylic acids is 1. The Bertz CT molecular complexity index is 1200. The smallest absolute Gasteiger partial charge is 0.308 e. The van der Waals surface area contributed by atoms with E-state index in [-0.39, 0.29) is 30.9 Å². The second-order valence-corrected chi connectivity index (χ2v) is 8.55. The predicted octanol–water partition coefficient (Wildman–Crippen LogP) is 4.67. The van der Waals surface area contributed by atoms with Crippen LogP contribution in [0.4, 0.5) is 5.69 Å². The highest BCUT2D eigenvalue weighted by Crippen LogP contribution is 2.28. The molecule has 178 valence electrons. The Morgan fingerprint density at radius 3 is 2.59 bits per heavy atom. The van der Waals surface area contributed by atoms with Crippen molar-refractivity contribution < 1.29 is 26.6 Å². The van der Waals surface area contributed by atoms with Crippen molar-refractivity contribution in [2.24, 2.45) is 5.92 Å². The summed E-state index contributed by atoms with van der Waals surface area (Å²) in [5, 5.41) is 9.18. The number of amides is 1. The van der Waals surface area contributed by atoms with Crippen LogP contribution in [0.5, 0.6) is 5.75 Å². The molecule has 4 rings (SSSR count). The maximum atomic E-state index is 12.6. The van der Waals surface area contributed by atoms with Gasteiger partial charge in [-0.05, 0) is 62.7 Å². The number of carbonyl (C=O) groups is 2. The molecule has 1 atom stereocenters. The molecule has 0 spiro atoms. The van der Waals surface area contributed by atoms with Gasteiger partial charge in [-0.15, -0.1) is 0 Å². The van der Waals surface area contributed by atoms with Gasteiger partial charge in [-0.1, -0.05) is 18.2 Å². The minimum Gasteiger partial charge on any atom is -0.483 e. The van der Waals surface area contributed by atoms with E-state index in [0.29, 0.717) is 24.2 Å². The van der Waals surface area contributed by atoms with Crippen LogP contribution in [-0.2, 0) is 16.1 Å². The molecule has 7 heteroatoms. The number of likely N-dealkylation sites (tertiary alicyclic amines) is 1. The van der Waals surface area contributed by atoms with Crippen molar-refractivity contribution in [1.29, 1.82) is 0 Å². The molecule has 1 aliphatic rings. The summed E-state index contributed by atoms with van der Waals surface area (Å²) < 4.78 is 29.4. The highest BCUT2D eigenvalue weighted by molar-refractivity contribution is 5.80. The van der Waals surface area contributed by atoms with Gasteiger partial charge in [0.1, 0.15) is 11.5 Å².